The zero-order valence-electron chi connectivity index (χ0n) is 14.7. The van der Waals surface area contributed by atoms with E-state index < -0.39 is 0 Å². The van der Waals surface area contributed by atoms with Gasteiger partial charge in [-0.05, 0) is 49.6 Å². The molecule has 0 bridgehead atoms. The number of benzene rings is 1. The predicted octanol–water partition coefficient (Wildman–Crippen LogP) is 3.16. The molecular weight excluding hydrogens is 328 g/mol. The maximum atomic E-state index is 11.5. The number of amides is 1. The van der Waals surface area contributed by atoms with E-state index in [4.69, 9.17) is 0 Å². The SMILES string of the molecule is C=CC(=O)Nc1ccc2c(Nc3n[nH]c4c3CNC4(C)C)nccc2c1. The number of hydrogen-bond acceptors (Lipinski definition) is 5. The Balaban J connectivity index is 1.68. The summed E-state index contributed by atoms with van der Waals surface area (Å²) < 4.78 is 0. The molecule has 0 unspecified atom stereocenters. The van der Waals surface area contributed by atoms with Gasteiger partial charge in [0.15, 0.2) is 5.82 Å². The van der Waals surface area contributed by atoms with Crippen molar-refractivity contribution in [2.75, 3.05) is 10.6 Å². The van der Waals surface area contributed by atoms with Gasteiger partial charge in [0, 0.05) is 29.4 Å². The highest BCUT2D eigenvalue weighted by atomic mass is 16.1. The Morgan fingerprint density at radius 1 is 1.31 bits per heavy atom. The van der Waals surface area contributed by atoms with Crippen molar-refractivity contribution in [3.05, 3.63) is 54.4 Å². The molecule has 3 heterocycles. The molecule has 7 nitrogen and oxygen atoms in total. The second-order valence-corrected chi connectivity index (χ2v) is 6.82. The highest BCUT2D eigenvalue weighted by Crippen LogP contribution is 2.34. The quantitative estimate of drug-likeness (QED) is 0.543. The van der Waals surface area contributed by atoms with Gasteiger partial charge in [-0.3, -0.25) is 9.89 Å². The fourth-order valence-electron chi connectivity index (χ4n) is 3.22. The fraction of sp³-hybridized carbons (Fsp3) is 0.211. The molecule has 3 aromatic rings. The minimum atomic E-state index is -0.237. The lowest BCUT2D eigenvalue weighted by atomic mass is 10.0. The molecule has 1 amide bonds. The Morgan fingerprint density at radius 3 is 2.96 bits per heavy atom. The number of aromatic nitrogens is 3. The van der Waals surface area contributed by atoms with Gasteiger partial charge in [0.1, 0.15) is 5.82 Å². The number of aromatic amines is 1. The first kappa shape index (κ1) is 16.3. The molecule has 7 heteroatoms. The number of nitrogens with one attached hydrogen (secondary N) is 4. The third kappa shape index (κ3) is 2.72. The van der Waals surface area contributed by atoms with Crippen molar-refractivity contribution in [1.29, 1.82) is 0 Å². The van der Waals surface area contributed by atoms with Crippen LogP contribution in [-0.2, 0) is 16.9 Å². The van der Waals surface area contributed by atoms with Crippen molar-refractivity contribution >= 4 is 34.0 Å². The highest BCUT2D eigenvalue weighted by molar-refractivity contribution is 6.01. The molecule has 132 valence electrons. The molecule has 0 aliphatic carbocycles. The molecule has 1 aliphatic heterocycles. The largest absolute Gasteiger partial charge is 0.323 e. The van der Waals surface area contributed by atoms with Gasteiger partial charge in [0.05, 0.1) is 11.2 Å². The lowest BCUT2D eigenvalue weighted by Crippen LogP contribution is -2.29. The van der Waals surface area contributed by atoms with Crippen LogP contribution in [0.3, 0.4) is 0 Å². The molecule has 0 saturated heterocycles. The van der Waals surface area contributed by atoms with Gasteiger partial charge in [0.2, 0.25) is 5.91 Å². The average Bonchev–Trinajstić information content (AvgIpc) is 3.16. The number of hydrogen-bond donors (Lipinski definition) is 4. The summed E-state index contributed by atoms with van der Waals surface area (Å²) in [5.74, 6) is 1.27. The van der Waals surface area contributed by atoms with Crippen LogP contribution in [0.4, 0.5) is 17.3 Å². The first-order valence-electron chi connectivity index (χ1n) is 8.40. The minimum absolute atomic E-state index is 0.118. The monoisotopic (exact) mass is 348 g/mol. The second kappa shape index (κ2) is 5.96. The van der Waals surface area contributed by atoms with Crippen molar-refractivity contribution in [2.24, 2.45) is 0 Å². The average molecular weight is 348 g/mol. The topological polar surface area (TPSA) is 94.7 Å². The van der Waals surface area contributed by atoms with Gasteiger partial charge in [-0.1, -0.05) is 6.58 Å². The van der Waals surface area contributed by atoms with Crippen LogP contribution >= 0.6 is 0 Å². The van der Waals surface area contributed by atoms with Crippen LogP contribution in [-0.4, -0.2) is 21.1 Å². The number of anilines is 3. The van der Waals surface area contributed by atoms with E-state index in [2.05, 4.69) is 51.6 Å². The van der Waals surface area contributed by atoms with E-state index in [9.17, 15) is 4.79 Å². The van der Waals surface area contributed by atoms with Crippen molar-refractivity contribution < 1.29 is 4.79 Å². The van der Waals surface area contributed by atoms with Crippen LogP contribution in [0, 0.1) is 0 Å². The first-order valence-corrected chi connectivity index (χ1v) is 8.40. The van der Waals surface area contributed by atoms with Gasteiger partial charge in [-0.15, -0.1) is 0 Å². The molecule has 0 fully saturated rings. The summed E-state index contributed by atoms with van der Waals surface area (Å²) in [4.78, 5) is 15.9. The van der Waals surface area contributed by atoms with E-state index in [0.717, 1.165) is 40.2 Å². The number of fused-ring (bicyclic) bond motifs is 2. The summed E-state index contributed by atoms with van der Waals surface area (Å²) in [6.45, 7) is 8.46. The van der Waals surface area contributed by atoms with Gasteiger partial charge in [0.25, 0.3) is 0 Å². The number of pyridine rings is 1. The van der Waals surface area contributed by atoms with Gasteiger partial charge >= 0.3 is 0 Å². The summed E-state index contributed by atoms with van der Waals surface area (Å²) in [5, 5.41) is 19.0. The standard InChI is InChI=1S/C19H20N6O/c1-4-15(26)22-12-5-6-13-11(9-12)7-8-20-17(13)23-18-14-10-21-19(2,3)16(14)24-25-18/h4-9,21H,1,10H2,2-3H3,(H,22,26)(H2,20,23,24,25). The molecule has 2 aromatic heterocycles. The zero-order valence-corrected chi connectivity index (χ0v) is 14.7. The Hall–Kier alpha value is -3.19. The van der Waals surface area contributed by atoms with Crippen LogP contribution < -0.4 is 16.0 Å². The Labute approximate surface area is 150 Å². The Kier molecular flexibility index (Phi) is 3.73. The summed E-state index contributed by atoms with van der Waals surface area (Å²) >= 11 is 0. The maximum absolute atomic E-state index is 11.5. The number of carbonyl (C=O) groups is 1. The van der Waals surface area contributed by atoms with Gasteiger partial charge < -0.3 is 16.0 Å². The normalized spacial score (nSPS) is 14.8. The molecule has 1 aliphatic rings. The molecular formula is C19H20N6O. The second-order valence-electron chi connectivity index (χ2n) is 6.82. The molecule has 4 rings (SSSR count). The number of carbonyl (C=O) groups excluding carboxylic acids is 1. The zero-order chi connectivity index (χ0) is 18.3. The van der Waals surface area contributed by atoms with E-state index in [1.807, 2.05) is 24.3 Å². The lowest BCUT2D eigenvalue weighted by Gasteiger charge is -2.16. The third-order valence-electron chi connectivity index (χ3n) is 4.65. The van der Waals surface area contributed by atoms with E-state index in [1.54, 1.807) is 6.20 Å². The van der Waals surface area contributed by atoms with Crippen LogP contribution in [0.2, 0.25) is 0 Å². The van der Waals surface area contributed by atoms with Gasteiger partial charge in [-0.25, -0.2) is 4.98 Å². The molecule has 0 radical (unpaired) electrons. The molecule has 4 N–H and O–H groups in total. The maximum Gasteiger partial charge on any atom is 0.247 e. The molecule has 0 spiro atoms. The van der Waals surface area contributed by atoms with E-state index in [0.29, 0.717) is 5.69 Å². The lowest BCUT2D eigenvalue weighted by molar-refractivity contribution is -0.111. The van der Waals surface area contributed by atoms with Crippen molar-refractivity contribution in [3.8, 4) is 0 Å². The van der Waals surface area contributed by atoms with Crippen molar-refractivity contribution in [1.82, 2.24) is 20.5 Å². The number of H-pyrrole nitrogens is 1. The Bertz CT molecular complexity index is 1020. The summed E-state index contributed by atoms with van der Waals surface area (Å²) in [6.07, 6.45) is 2.98. The van der Waals surface area contributed by atoms with Crippen LogP contribution in [0.25, 0.3) is 10.8 Å². The van der Waals surface area contributed by atoms with Crippen molar-refractivity contribution in [2.45, 2.75) is 25.9 Å². The summed E-state index contributed by atoms with van der Waals surface area (Å²) in [6, 6.07) is 7.58. The summed E-state index contributed by atoms with van der Waals surface area (Å²) in [7, 11) is 0. The van der Waals surface area contributed by atoms with Crippen LogP contribution in [0.5, 0.6) is 0 Å². The minimum Gasteiger partial charge on any atom is -0.323 e. The molecule has 1 aromatic carbocycles. The smallest absolute Gasteiger partial charge is 0.247 e. The number of rotatable bonds is 4. The van der Waals surface area contributed by atoms with E-state index >= 15 is 0 Å². The summed E-state index contributed by atoms with van der Waals surface area (Å²) in [5.41, 5.74) is 2.82. The molecule has 0 atom stereocenters. The van der Waals surface area contributed by atoms with Crippen molar-refractivity contribution in [3.63, 3.8) is 0 Å². The van der Waals surface area contributed by atoms with Gasteiger partial charge in [-0.2, -0.15) is 5.10 Å². The molecule has 0 saturated carbocycles. The van der Waals surface area contributed by atoms with E-state index in [-0.39, 0.29) is 11.4 Å². The highest BCUT2D eigenvalue weighted by Gasteiger charge is 2.33. The predicted molar refractivity (Wildman–Crippen MR) is 102 cm³/mol. The first-order chi connectivity index (χ1) is 12.5. The third-order valence-corrected chi connectivity index (χ3v) is 4.65. The van der Waals surface area contributed by atoms with Crippen LogP contribution in [0.1, 0.15) is 25.1 Å². The van der Waals surface area contributed by atoms with Crippen LogP contribution in [0.15, 0.2) is 43.1 Å². The molecule has 26 heavy (non-hydrogen) atoms. The fourth-order valence-corrected chi connectivity index (χ4v) is 3.22. The Morgan fingerprint density at radius 2 is 2.15 bits per heavy atom. The number of nitrogens with zero attached hydrogens (tertiary/aromatic N) is 2. The van der Waals surface area contributed by atoms with E-state index in [1.165, 1.54) is 6.08 Å².